The molecule has 1 aromatic heterocycles. The molecule has 1 amide bonds. The summed E-state index contributed by atoms with van der Waals surface area (Å²) in [6, 6.07) is 0. The van der Waals surface area contributed by atoms with Gasteiger partial charge in [-0.05, 0) is 18.8 Å². The molecule has 114 valence electrons. The first kappa shape index (κ1) is 14.3. The van der Waals surface area contributed by atoms with Gasteiger partial charge in [-0.2, -0.15) is 0 Å². The Kier molecular flexibility index (Phi) is 4.10. The highest BCUT2D eigenvalue weighted by molar-refractivity contribution is 5.80. The lowest BCUT2D eigenvalue weighted by Crippen LogP contribution is -2.43. The highest BCUT2D eigenvalue weighted by Crippen LogP contribution is 2.35. The first-order valence-electron chi connectivity index (χ1n) is 7.62. The number of aromatic nitrogens is 1. The molecule has 2 heterocycles. The molecule has 0 atom stereocenters. The van der Waals surface area contributed by atoms with E-state index < -0.39 is 0 Å². The number of hydrogen-bond donors (Lipinski definition) is 0. The van der Waals surface area contributed by atoms with Crippen molar-refractivity contribution in [1.29, 1.82) is 0 Å². The molecule has 0 N–H and O–H groups in total. The van der Waals surface area contributed by atoms with Crippen LogP contribution in [0.4, 0.5) is 0 Å². The SMILES string of the molecule is C=CCOCc1noc2c1CN(C(=O)C1CC(C)C1)CC2. The van der Waals surface area contributed by atoms with Gasteiger partial charge in [0.05, 0.1) is 19.8 Å². The van der Waals surface area contributed by atoms with Crippen molar-refractivity contribution in [2.45, 2.75) is 39.3 Å². The molecule has 5 nitrogen and oxygen atoms in total. The molecule has 0 aromatic carbocycles. The maximum atomic E-state index is 12.5. The fourth-order valence-corrected chi connectivity index (χ4v) is 3.17. The lowest BCUT2D eigenvalue weighted by molar-refractivity contribution is -0.140. The van der Waals surface area contributed by atoms with Gasteiger partial charge in [0.15, 0.2) is 0 Å². The zero-order valence-electron chi connectivity index (χ0n) is 12.5. The van der Waals surface area contributed by atoms with Gasteiger partial charge in [-0.3, -0.25) is 4.79 Å². The van der Waals surface area contributed by atoms with Gasteiger partial charge in [0.25, 0.3) is 0 Å². The number of amides is 1. The van der Waals surface area contributed by atoms with Crippen molar-refractivity contribution in [1.82, 2.24) is 10.1 Å². The summed E-state index contributed by atoms with van der Waals surface area (Å²) in [7, 11) is 0. The number of carbonyl (C=O) groups excluding carboxylic acids is 1. The molecular formula is C16H22N2O3. The number of hydrogen-bond acceptors (Lipinski definition) is 4. The Labute approximate surface area is 124 Å². The Hall–Kier alpha value is -1.62. The van der Waals surface area contributed by atoms with Gasteiger partial charge in [-0.25, -0.2) is 0 Å². The van der Waals surface area contributed by atoms with Gasteiger partial charge in [0, 0.05) is 24.4 Å². The van der Waals surface area contributed by atoms with Crippen LogP contribution in [0, 0.1) is 11.8 Å². The number of fused-ring (bicyclic) bond motifs is 1. The van der Waals surface area contributed by atoms with Crippen molar-refractivity contribution in [3.05, 3.63) is 29.7 Å². The summed E-state index contributed by atoms with van der Waals surface area (Å²) in [5.74, 6) is 2.11. The molecule has 5 heteroatoms. The predicted octanol–water partition coefficient (Wildman–Crippen LogP) is 2.31. The minimum atomic E-state index is 0.224. The minimum Gasteiger partial charge on any atom is -0.371 e. The van der Waals surface area contributed by atoms with Crippen LogP contribution in [0.25, 0.3) is 0 Å². The van der Waals surface area contributed by atoms with E-state index in [1.165, 1.54) is 0 Å². The normalized spacial score (nSPS) is 24.3. The summed E-state index contributed by atoms with van der Waals surface area (Å²) < 4.78 is 10.8. The van der Waals surface area contributed by atoms with Gasteiger partial charge in [0.2, 0.25) is 5.91 Å². The zero-order chi connectivity index (χ0) is 14.8. The molecule has 1 aromatic rings. The zero-order valence-corrected chi connectivity index (χ0v) is 12.5. The Balaban J connectivity index is 1.64. The number of nitrogens with zero attached hydrogens (tertiary/aromatic N) is 2. The number of ether oxygens (including phenoxy) is 1. The molecular weight excluding hydrogens is 268 g/mol. The van der Waals surface area contributed by atoms with Gasteiger partial charge in [0.1, 0.15) is 11.5 Å². The third-order valence-corrected chi connectivity index (χ3v) is 4.42. The van der Waals surface area contributed by atoms with Crippen LogP contribution >= 0.6 is 0 Å². The summed E-state index contributed by atoms with van der Waals surface area (Å²) in [4.78, 5) is 14.4. The van der Waals surface area contributed by atoms with E-state index in [-0.39, 0.29) is 11.8 Å². The third-order valence-electron chi connectivity index (χ3n) is 4.42. The van der Waals surface area contributed by atoms with Gasteiger partial charge in [-0.15, -0.1) is 6.58 Å². The van der Waals surface area contributed by atoms with E-state index in [1.54, 1.807) is 6.08 Å². The molecule has 0 radical (unpaired) electrons. The van der Waals surface area contributed by atoms with Crippen LogP contribution in [0.15, 0.2) is 17.2 Å². The highest BCUT2D eigenvalue weighted by atomic mass is 16.5. The maximum absolute atomic E-state index is 12.5. The summed E-state index contributed by atoms with van der Waals surface area (Å²) in [6.07, 6.45) is 4.51. The highest BCUT2D eigenvalue weighted by Gasteiger charge is 2.36. The summed E-state index contributed by atoms with van der Waals surface area (Å²) in [5.41, 5.74) is 1.84. The molecule has 0 unspecified atom stereocenters. The van der Waals surface area contributed by atoms with Crippen molar-refractivity contribution in [3.8, 4) is 0 Å². The molecule has 1 aliphatic carbocycles. The average molecular weight is 290 g/mol. The smallest absolute Gasteiger partial charge is 0.226 e. The van der Waals surface area contributed by atoms with Crippen molar-refractivity contribution in [2.75, 3.05) is 13.2 Å². The summed E-state index contributed by atoms with van der Waals surface area (Å²) in [5, 5.41) is 4.08. The first-order valence-corrected chi connectivity index (χ1v) is 7.62. The van der Waals surface area contributed by atoms with E-state index >= 15 is 0 Å². The van der Waals surface area contributed by atoms with E-state index in [1.807, 2.05) is 4.90 Å². The van der Waals surface area contributed by atoms with Crippen LogP contribution in [0.5, 0.6) is 0 Å². The quantitative estimate of drug-likeness (QED) is 0.617. The molecule has 0 bridgehead atoms. The monoisotopic (exact) mass is 290 g/mol. The lowest BCUT2D eigenvalue weighted by atomic mass is 9.75. The molecule has 21 heavy (non-hydrogen) atoms. The Bertz CT molecular complexity index is 532. The van der Waals surface area contributed by atoms with Crippen LogP contribution in [-0.4, -0.2) is 29.1 Å². The van der Waals surface area contributed by atoms with Crippen molar-refractivity contribution >= 4 is 5.91 Å². The second kappa shape index (κ2) is 6.02. The van der Waals surface area contributed by atoms with E-state index in [4.69, 9.17) is 9.26 Å². The van der Waals surface area contributed by atoms with E-state index in [0.29, 0.717) is 25.7 Å². The Morgan fingerprint density at radius 3 is 3.10 bits per heavy atom. The van der Waals surface area contributed by atoms with Crippen molar-refractivity contribution in [2.24, 2.45) is 11.8 Å². The lowest BCUT2D eigenvalue weighted by Gasteiger charge is -2.37. The fourth-order valence-electron chi connectivity index (χ4n) is 3.17. The van der Waals surface area contributed by atoms with E-state index in [0.717, 1.165) is 42.8 Å². The number of carbonyl (C=O) groups is 1. The van der Waals surface area contributed by atoms with Crippen LogP contribution in [-0.2, 0) is 29.1 Å². The van der Waals surface area contributed by atoms with E-state index in [2.05, 4.69) is 18.7 Å². The number of rotatable bonds is 5. The second-order valence-corrected chi connectivity index (χ2v) is 6.12. The van der Waals surface area contributed by atoms with Gasteiger partial charge >= 0.3 is 0 Å². The molecule has 2 aliphatic rings. The second-order valence-electron chi connectivity index (χ2n) is 6.12. The summed E-state index contributed by atoms with van der Waals surface area (Å²) >= 11 is 0. The maximum Gasteiger partial charge on any atom is 0.226 e. The van der Waals surface area contributed by atoms with Gasteiger partial charge < -0.3 is 14.2 Å². The summed E-state index contributed by atoms with van der Waals surface area (Å²) in [6.45, 7) is 8.07. The van der Waals surface area contributed by atoms with Crippen molar-refractivity contribution in [3.63, 3.8) is 0 Å². The van der Waals surface area contributed by atoms with E-state index in [9.17, 15) is 4.79 Å². The van der Waals surface area contributed by atoms with Crippen LogP contribution in [0.2, 0.25) is 0 Å². The topological polar surface area (TPSA) is 55.6 Å². The fraction of sp³-hybridized carbons (Fsp3) is 0.625. The van der Waals surface area contributed by atoms with Gasteiger partial charge in [-0.1, -0.05) is 18.2 Å². The molecule has 1 aliphatic heterocycles. The average Bonchev–Trinajstić information content (AvgIpc) is 2.86. The molecule has 0 spiro atoms. The van der Waals surface area contributed by atoms with Crippen molar-refractivity contribution < 1.29 is 14.1 Å². The molecule has 1 saturated carbocycles. The Morgan fingerprint density at radius 1 is 1.57 bits per heavy atom. The Morgan fingerprint density at radius 2 is 2.38 bits per heavy atom. The van der Waals surface area contributed by atoms with Crippen LogP contribution in [0.1, 0.15) is 36.8 Å². The van der Waals surface area contributed by atoms with Crippen LogP contribution in [0.3, 0.4) is 0 Å². The molecule has 0 saturated heterocycles. The third kappa shape index (κ3) is 2.88. The largest absolute Gasteiger partial charge is 0.371 e. The minimum absolute atomic E-state index is 0.224. The molecule has 1 fully saturated rings. The van der Waals surface area contributed by atoms with Crippen LogP contribution < -0.4 is 0 Å². The standard InChI is InChI=1S/C16H22N2O3/c1-3-6-20-10-14-13-9-18(5-4-15(13)21-17-14)16(19)12-7-11(2)8-12/h3,11-12H,1,4-10H2,2H3. The first-order chi connectivity index (χ1) is 10.2. The predicted molar refractivity (Wildman–Crippen MR) is 77.4 cm³/mol. The molecule has 3 rings (SSSR count).